The third-order valence-electron chi connectivity index (χ3n) is 4.69. The fourth-order valence-electron chi connectivity index (χ4n) is 3.58. The molecule has 0 saturated carbocycles. The Bertz CT molecular complexity index is 1060. The minimum Gasteiger partial charge on any atom is -0.455 e. The molecule has 0 aliphatic heterocycles. The highest BCUT2D eigenvalue weighted by Gasteiger charge is 2.17. The van der Waals surface area contributed by atoms with E-state index in [9.17, 15) is 0 Å². The second kappa shape index (κ2) is 5.48. The van der Waals surface area contributed by atoms with E-state index in [1.54, 1.807) is 0 Å². The lowest BCUT2D eigenvalue weighted by atomic mass is 9.95. The number of aryl methyl sites for hydroxylation is 2. The first-order chi connectivity index (χ1) is 11.6. The number of rotatable bonds is 2. The molecule has 4 aromatic rings. The van der Waals surface area contributed by atoms with E-state index in [4.69, 9.17) is 4.42 Å². The molecular weight excluding hydrogens is 294 g/mol. The Kier molecular flexibility index (Phi) is 3.42. The molecule has 0 unspecified atom stereocenters. The van der Waals surface area contributed by atoms with Crippen LogP contribution in [0.15, 0.2) is 53.1 Å². The summed E-state index contributed by atoms with van der Waals surface area (Å²) in [5.74, 6) is 0.426. The van der Waals surface area contributed by atoms with E-state index in [1.165, 1.54) is 22.1 Å². The van der Waals surface area contributed by atoms with Crippen molar-refractivity contribution in [3.63, 3.8) is 0 Å². The van der Waals surface area contributed by atoms with Gasteiger partial charge in [0, 0.05) is 28.1 Å². The molecule has 2 heteroatoms. The van der Waals surface area contributed by atoms with Crippen LogP contribution in [-0.2, 0) is 0 Å². The van der Waals surface area contributed by atoms with Gasteiger partial charge in [-0.2, -0.15) is 0 Å². The van der Waals surface area contributed by atoms with Gasteiger partial charge in [-0.25, -0.2) is 0 Å². The lowest BCUT2D eigenvalue weighted by Crippen LogP contribution is -1.92. The number of furan rings is 1. The van der Waals surface area contributed by atoms with Gasteiger partial charge in [-0.3, -0.25) is 4.98 Å². The van der Waals surface area contributed by atoms with Crippen LogP contribution >= 0.6 is 0 Å². The minimum absolute atomic E-state index is 0.426. The maximum absolute atomic E-state index is 6.41. The molecule has 0 radical (unpaired) electrons. The monoisotopic (exact) mass is 315 g/mol. The molecule has 0 fully saturated rings. The molecule has 0 amide bonds. The van der Waals surface area contributed by atoms with Gasteiger partial charge in [0.05, 0.1) is 5.69 Å². The molecule has 0 aliphatic rings. The highest BCUT2D eigenvalue weighted by molar-refractivity contribution is 6.10. The summed E-state index contributed by atoms with van der Waals surface area (Å²) in [6.45, 7) is 8.69. The first-order valence-electron chi connectivity index (χ1n) is 8.44. The summed E-state index contributed by atoms with van der Waals surface area (Å²) in [6.07, 6.45) is 1.86. The van der Waals surface area contributed by atoms with Crippen LogP contribution in [0, 0.1) is 13.8 Å². The minimum atomic E-state index is 0.426. The van der Waals surface area contributed by atoms with E-state index in [-0.39, 0.29) is 0 Å². The quantitative estimate of drug-likeness (QED) is 0.428. The van der Waals surface area contributed by atoms with Crippen LogP contribution in [0.3, 0.4) is 0 Å². The zero-order chi connectivity index (χ0) is 16.8. The number of pyridine rings is 1. The van der Waals surface area contributed by atoms with Gasteiger partial charge in [0.1, 0.15) is 11.2 Å². The van der Waals surface area contributed by atoms with Crippen molar-refractivity contribution >= 4 is 21.9 Å². The zero-order valence-corrected chi connectivity index (χ0v) is 14.6. The van der Waals surface area contributed by atoms with E-state index in [2.05, 4.69) is 69.1 Å². The first-order valence-corrected chi connectivity index (χ1v) is 8.44. The van der Waals surface area contributed by atoms with E-state index in [0.29, 0.717) is 5.92 Å². The van der Waals surface area contributed by atoms with Crippen molar-refractivity contribution in [1.82, 2.24) is 4.98 Å². The highest BCUT2D eigenvalue weighted by atomic mass is 16.3. The van der Waals surface area contributed by atoms with E-state index >= 15 is 0 Å². The number of nitrogens with zero attached hydrogens (tertiary/aromatic N) is 1. The molecule has 0 saturated heterocycles. The summed E-state index contributed by atoms with van der Waals surface area (Å²) < 4.78 is 6.41. The van der Waals surface area contributed by atoms with Gasteiger partial charge in [0.25, 0.3) is 0 Å². The number of para-hydroxylation sites is 1. The van der Waals surface area contributed by atoms with Crippen molar-refractivity contribution in [3.05, 3.63) is 65.4 Å². The molecule has 2 nitrogen and oxygen atoms in total. The van der Waals surface area contributed by atoms with Crippen LogP contribution in [0.4, 0.5) is 0 Å². The predicted octanol–water partition coefficient (Wildman–Crippen LogP) is 6.39. The number of benzene rings is 2. The molecule has 24 heavy (non-hydrogen) atoms. The highest BCUT2D eigenvalue weighted by Crippen LogP contribution is 2.39. The Labute approximate surface area is 142 Å². The molecule has 0 N–H and O–H groups in total. The van der Waals surface area contributed by atoms with E-state index < -0.39 is 0 Å². The molecule has 2 aromatic carbocycles. The van der Waals surface area contributed by atoms with Crippen LogP contribution in [0.5, 0.6) is 0 Å². The molecular formula is C22H21NO. The Morgan fingerprint density at radius 2 is 1.71 bits per heavy atom. The summed E-state index contributed by atoms with van der Waals surface area (Å²) in [4.78, 5) is 4.55. The zero-order valence-electron chi connectivity index (χ0n) is 14.6. The van der Waals surface area contributed by atoms with Crippen LogP contribution in [0.2, 0.25) is 0 Å². The summed E-state index contributed by atoms with van der Waals surface area (Å²) >= 11 is 0. The second-order valence-electron chi connectivity index (χ2n) is 6.83. The number of hydrogen-bond acceptors (Lipinski definition) is 2. The van der Waals surface area contributed by atoms with Crippen molar-refractivity contribution in [1.29, 1.82) is 0 Å². The van der Waals surface area contributed by atoms with Crippen LogP contribution < -0.4 is 0 Å². The largest absolute Gasteiger partial charge is 0.455 e. The topological polar surface area (TPSA) is 26.0 Å². The molecule has 0 spiro atoms. The van der Waals surface area contributed by atoms with E-state index in [0.717, 1.165) is 27.8 Å². The smallest absolute Gasteiger partial charge is 0.144 e. The maximum atomic E-state index is 6.41. The lowest BCUT2D eigenvalue weighted by molar-refractivity contribution is 0.656. The van der Waals surface area contributed by atoms with Crippen molar-refractivity contribution < 1.29 is 4.42 Å². The molecule has 0 bridgehead atoms. The SMILES string of the molecule is Cc1ccnc(-c2cccc3c2oc2c(C(C)C)c(C)ccc23)c1. The van der Waals surface area contributed by atoms with Crippen LogP contribution in [0.25, 0.3) is 33.2 Å². The summed E-state index contributed by atoms with van der Waals surface area (Å²) in [5.41, 5.74) is 7.74. The first kappa shape index (κ1) is 14.9. The number of aromatic nitrogens is 1. The van der Waals surface area contributed by atoms with Crippen LogP contribution in [0.1, 0.15) is 36.5 Å². The third-order valence-corrected chi connectivity index (χ3v) is 4.69. The Morgan fingerprint density at radius 3 is 2.46 bits per heavy atom. The van der Waals surface area contributed by atoms with Crippen molar-refractivity contribution in [2.45, 2.75) is 33.6 Å². The summed E-state index contributed by atoms with van der Waals surface area (Å²) in [7, 11) is 0. The molecule has 120 valence electrons. The molecule has 2 heterocycles. The number of hydrogen-bond donors (Lipinski definition) is 0. The maximum Gasteiger partial charge on any atom is 0.144 e. The average Bonchev–Trinajstić information content (AvgIpc) is 2.92. The van der Waals surface area contributed by atoms with Crippen molar-refractivity contribution in [2.24, 2.45) is 0 Å². The van der Waals surface area contributed by atoms with Crippen molar-refractivity contribution in [2.75, 3.05) is 0 Å². The summed E-state index contributed by atoms with van der Waals surface area (Å²) in [5, 5.41) is 2.35. The van der Waals surface area contributed by atoms with Gasteiger partial charge in [0.2, 0.25) is 0 Å². The van der Waals surface area contributed by atoms with Gasteiger partial charge in [-0.1, -0.05) is 38.1 Å². The molecule has 4 rings (SSSR count). The summed E-state index contributed by atoms with van der Waals surface area (Å²) in [6, 6.07) is 14.8. The van der Waals surface area contributed by atoms with Gasteiger partial charge in [-0.15, -0.1) is 0 Å². The van der Waals surface area contributed by atoms with Crippen molar-refractivity contribution in [3.8, 4) is 11.3 Å². The average molecular weight is 315 g/mol. The Balaban J connectivity index is 2.10. The molecule has 0 atom stereocenters. The van der Waals surface area contributed by atoms with Gasteiger partial charge < -0.3 is 4.42 Å². The lowest BCUT2D eigenvalue weighted by Gasteiger charge is -2.09. The molecule has 2 aromatic heterocycles. The van der Waals surface area contributed by atoms with Gasteiger partial charge in [0.15, 0.2) is 0 Å². The van der Waals surface area contributed by atoms with E-state index in [1.807, 2.05) is 12.3 Å². The number of fused-ring (bicyclic) bond motifs is 3. The normalized spacial score (nSPS) is 11.7. The Hall–Kier alpha value is -2.61. The second-order valence-corrected chi connectivity index (χ2v) is 6.83. The predicted molar refractivity (Wildman–Crippen MR) is 101 cm³/mol. The third kappa shape index (κ3) is 2.22. The van der Waals surface area contributed by atoms with Gasteiger partial charge in [-0.05, 0) is 49.1 Å². The fourth-order valence-corrected chi connectivity index (χ4v) is 3.58. The fraction of sp³-hybridized carbons (Fsp3) is 0.227. The molecule has 0 aliphatic carbocycles. The van der Waals surface area contributed by atoms with Gasteiger partial charge >= 0.3 is 0 Å². The standard InChI is InChI=1S/C22H21NO/c1-13(2)20-15(4)8-9-17-16-6-5-7-18(21(16)24-22(17)20)19-12-14(3)10-11-23-19/h5-13H,1-4H3. The van der Waals surface area contributed by atoms with Crippen LogP contribution in [-0.4, -0.2) is 4.98 Å². The Morgan fingerprint density at radius 1 is 0.917 bits per heavy atom.